The highest BCUT2D eigenvalue weighted by molar-refractivity contribution is 5.81. The number of hydrogen-bond acceptors (Lipinski definition) is 6. The second kappa shape index (κ2) is 12.2. The Balaban J connectivity index is 1.68. The first-order valence-corrected chi connectivity index (χ1v) is 10.6. The zero-order valence-electron chi connectivity index (χ0n) is 18.0. The molecule has 1 aliphatic heterocycles. The van der Waals surface area contributed by atoms with Crippen LogP contribution in [-0.4, -0.2) is 55.4 Å². The number of nitrogens with one attached hydrogen (secondary N) is 1. The first-order chi connectivity index (χ1) is 15.5. The van der Waals surface area contributed by atoms with Gasteiger partial charge in [0, 0.05) is 5.92 Å². The molecular formula is C24H29NO7. The molecule has 1 heterocycles. The van der Waals surface area contributed by atoms with Gasteiger partial charge in [0.2, 0.25) is 0 Å². The fourth-order valence-corrected chi connectivity index (χ4v) is 3.62. The average molecular weight is 443 g/mol. The molecule has 0 bridgehead atoms. The normalized spacial score (nSPS) is 24.0. The topological polar surface area (TPSA) is 103 Å². The zero-order valence-corrected chi connectivity index (χ0v) is 18.0. The van der Waals surface area contributed by atoms with Gasteiger partial charge in [-0.2, -0.15) is 0 Å². The monoisotopic (exact) mass is 443 g/mol. The number of carbonyl (C=O) groups is 2. The minimum Gasteiger partial charge on any atom is -0.465 e. The smallest absolute Gasteiger partial charge is 0.405 e. The Morgan fingerprint density at radius 2 is 1.72 bits per heavy atom. The van der Waals surface area contributed by atoms with E-state index in [4.69, 9.17) is 24.1 Å². The highest BCUT2D eigenvalue weighted by Crippen LogP contribution is 2.24. The van der Waals surface area contributed by atoms with Crippen molar-refractivity contribution in [3.05, 3.63) is 71.8 Å². The molecule has 1 fully saturated rings. The van der Waals surface area contributed by atoms with E-state index in [0.717, 1.165) is 11.1 Å². The summed E-state index contributed by atoms with van der Waals surface area (Å²) in [6.45, 7) is 2.28. The van der Waals surface area contributed by atoms with Crippen LogP contribution in [0.1, 0.15) is 18.1 Å². The van der Waals surface area contributed by atoms with Gasteiger partial charge in [-0.1, -0.05) is 60.7 Å². The van der Waals surface area contributed by atoms with E-state index in [-0.39, 0.29) is 25.9 Å². The van der Waals surface area contributed by atoms with Crippen LogP contribution in [0.2, 0.25) is 0 Å². The molecule has 8 nitrogen and oxygen atoms in total. The Bertz CT molecular complexity index is 846. The molecule has 1 saturated heterocycles. The van der Waals surface area contributed by atoms with Crippen molar-refractivity contribution in [2.75, 3.05) is 20.0 Å². The van der Waals surface area contributed by atoms with Crippen LogP contribution in [0, 0.1) is 5.92 Å². The number of esters is 1. The van der Waals surface area contributed by atoms with E-state index >= 15 is 0 Å². The van der Waals surface area contributed by atoms with E-state index in [2.05, 4.69) is 5.32 Å². The van der Waals surface area contributed by atoms with Crippen molar-refractivity contribution >= 4 is 12.1 Å². The summed E-state index contributed by atoms with van der Waals surface area (Å²) < 4.78 is 23.0. The minimum absolute atomic E-state index is 0.0473. The third-order valence-electron chi connectivity index (χ3n) is 5.32. The summed E-state index contributed by atoms with van der Waals surface area (Å²) in [5.41, 5.74) is 2.10. The number of carbonyl (C=O) groups excluding carboxylic acids is 1. The molecule has 0 aromatic heterocycles. The van der Waals surface area contributed by atoms with Gasteiger partial charge < -0.3 is 29.4 Å². The molecule has 2 N–H and O–H groups in total. The zero-order chi connectivity index (χ0) is 22.8. The Morgan fingerprint density at radius 3 is 2.38 bits per heavy atom. The number of amides is 1. The third-order valence-corrected chi connectivity index (χ3v) is 5.32. The van der Waals surface area contributed by atoms with Gasteiger partial charge in [-0.15, -0.1) is 0 Å². The van der Waals surface area contributed by atoms with E-state index in [1.807, 2.05) is 60.7 Å². The van der Waals surface area contributed by atoms with Crippen molar-refractivity contribution in [2.45, 2.75) is 38.2 Å². The fraction of sp³-hybridized carbons (Fsp3) is 0.417. The largest absolute Gasteiger partial charge is 0.465 e. The predicted octanol–water partition coefficient (Wildman–Crippen LogP) is 3.00. The molecule has 0 spiro atoms. The van der Waals surface area contributed by atoms with Crippen molar-refractivity contribution in [3.63, 3.8) is 0 Å². The molecule has 8 heteroatoms. The Labute approximate surface area is 187 Å². The fourth-order valence-electron chi connectivity index (χ4n) is 3.62. The number of carboxylic acid groups (broad SMARTS) is 1. The SMILES string of the molecule is C[C@@H]1OC(=O)[C@@H](NC(=O)O)COC[C@H](OCOCc2ccccc2)[C@H]1Cc1ccccc1. The molecule has 0 radical (unpaired) electrons. The lowest BCUT2D eigenvalue weighted by atomic mass is 9.89. The average Bonchev–Trinajstić information content (AvgIpc) is 2.83. The van der Waals surface area contributed by atoms with Gasteiger partial charge in [0.05, 0.1) is 25.9 Å². The lowest BCUT2D eigenvalue weighted by Gasteiger charge is -2.30. The third kappa shape index (κ3) is 7.33. The lowest BCUT2D eigenvalue weighted by Crippen LogP contribution is -2.45. The predicted molar refractivity (Wildman–Crippen MR) is 116 cm³/mol. The number of ether oxygens (including phenoxy) is 4. The van der Waals surface area contributed by atoms with Gasteiger partial charge >= 0.3 is 12.1 Å². The molecule has 1 aliphatic rings. The van der Waals surface area contributed by atoms with Crippen molar-refractivity contribution < 1.29 is 33.6 Å². The summed E-state index contributed by atoms with van der Waals surface area (Å²) in [5, 5.41) is 11.2. The molecular weight excluding hydrogens is 414 g/mol. The lowest BCUT2D eigenvalue weighted by molar-refractivity contribution is -0.160. The summed E-state index contributed by atoms with van der Waals surface area (Å²) >= 11 is 0. The van der Waals surface area contributed by atoms with Gasteiger partial charge in [0.15, 0.2) is 6.04 Å². The second-order valence-electron chi connectivity index (χ2n) is 7.69. The first-order valence-electron chi connectivity index (χ1n) is 10.6. The number of cyclic esters (lactones) is 1. The van der Waals surface area contributed by atoms with Crippen LogP contribution in [0.5, 0.6) is 0 Å². The van der Waals surface area contributed by atoms with Gasteiger partial charge in [-0.05, 0) is 24.5 Å². The van der Waals surface area contributed by atoms with Gasteiger partial charge in [0.1, 0.15) is 12.9 Å². The molecule has 172 valence electrons. The number of benzene rings is 2. The van der Waals surface area contributed by atoms with Crippen LogP contribution in [0.25, 0.3) is 0 Å². The van der Waals surface area contributed by atoms with Crippen molar-refractivity contribution in [2.24, 2.45) is 5.92 Å². The molecule has 0 aliphatic carbocycles. The van der Waals surface area contributed by atoms with Crippen molar-refractivity contribution in [1.82, 2.24) is 5.32 Å². The molecule has 32 heavy (non-hydrogen) atoms. The summed E-state index contributed by atoms with van der Waals surface area (Å²) in [5.74, 6) is -0.885. The van der Waals surface area contributed by atoms with Crippen LogP contribution in [0.15, 0.2) is 60.7 Å². The quantitative estimate of drug-likeness (QED) is 0.367. The van der Waals surface area contributed by atoms with Crippen LogP contribution < -0.4 is 5.32 Å². The van der Waals surface area contributed by atoms with E-state index in [9.17, 15) is 9.59 Å². The summed E-state index contributed by atoms with van der Waals surface area (Å²) in [6.07, 6.45) is -1.66. The van der Waals surface area contributed by atoms with Crippen LogP contribution in [0.4, 0.5) is 4.79 Å². The Kier molecular flexibility index (Phi) is 9.03. The highest BCUT2D eigenvalue weighted by Gasteiger charge is 2.35. The van der Waals surface area contributed by atoms with Gasteiger partial charge in [0.25, 0.3) is 0 Å². The van der Waals surface area contributed by atoms with Gasteiger partial charge in [-0.3, -0.25) is 0 Å². The molecule has 2 aromatic carbocycles. The van der Waals surface area contributed by atoms with Crippen LogP contribution in [-0.2, 0) is 36.8 Å². The maximum Gasteiger partial charge on any atom is 0.405 e. The minimum atomic E-state index is -1.31. The molecule has 1 amide bonds. The van der Waals surface area contributed by atoms with E-state index < -0.39 is 30.3 Å². The Hall–Kier alpha value is -2.94. The molecule has 0 saturated carbocycles. The van der Waals surface area contributed by atoms with E-state index in [1.165, 1.54) is 0 Å². The summed E-state index contributed by atoms with van der Waals surface area (Å²) in [7, 11) is 0. The number of rotatable bonds is 8. The summed E-state index contributed by atoms with van der Waals surface area (Å²) in [6, 6.07) is 18.5. The highest BCUT2D eigenvalue weighted by atomic mass is 16.7. The maximum atomic E-state index is 12.5. The van der Waals surface area contributed by atoms with Crippen LogP contribution >= 0.6 is 0 Å². The maximum absolute atomic E-state index is 12.5. The Morgan fingerprint density at radius 1 is 1.06 bits per heavy atom. The molecule has 0 unspecified atom stereocenters. The molecule has 4 atom stereocenters. The van der Waals surface area contributed by atoms with Gasteiger partial charge in [-0.25, -0.2) is 9.59 Å². The van der Waals surface area contributed by atoms with Crippen molar-refractivity contribution in [1.29, 1.82) is 0 Å². The van der Waals surface area contributed by atoms with E-state index in [0.29, 0.717) is 13.0 Å². The molecule has 3 rings (SSSR count). The molecule has 2 aromatic rings. The van der Waals surface area contributed by atoms with Crippen LogP contribution in [0.3, 0.4) is 0 Å². The van der Waals surface area contributed by atoms with E-state index in [1.54, 1.807) is 6.92 Å². The standard InChI is InChI=1S/C24H29NO7/c1-17-20(12-18-8-4-2-5-9-18)22(31-16-30-13-19-10-6-3-7-11-19)15-29-14-21(23(26)32-17)25-24(27)28/h2-11,17,20-22,25H,12-16H2,1H3,(H,27,28)/t17-,20-,21-,22-/m0/s1. The first kappa shape index (κ1) is 23.7. The second-order valence-corrected chi connectivity index (χ2v) is 7.69. The summed E-state index contributed by atoms with van der Waals surface area (Å²) in [4.78, 5) is 23.5. The van der Waals surface area contributed by atoms with Crippen molar-refractivity contribution in [3.8, 4) is 0 Å². The number of hydrogen-bond donors (Lipinski definition) is 2.